The molecule has 0 atom stereocenters. The summed E-state index contributed by atoms with van der Waals surface area (Å²) in [4.78, 5) is 15.6. The van der Waals surface area contributed by atoms with E-state index >= 15 is 0 Å². The van der Waals surface area contributed by atoms with Crippen LogP contribution in [0.25, 0.3) is 21.6 Å². The van der Waals surface area contributed by atoms with Gasteiger partial charge in [-0.2, -0.15) is 0 Å². The van der Waals surface area contributed by atoms with E-state index in [1.165, 1.54) is 11.3 Å². The summed E-state index contributed by atoms with van der Waals surface area (Å²) in [5, 5.41) is 9.42. The second kappa shape index (κ2) is 5.38. The fourth-order valence-electron chi connectivity index (χ4n) is 2.12. The van der Waals surface area contributed by atoms with E-state index in [1.54, 1.807) is 0 Å². The molecule has 2 aromatic carbocycles. The van der Waals surface area contributed by atoms with Crippen LogP contribution in [0.2, 0.25) is 0 Å². The number of hydrogen-bond donors (Lipinski definition) is 2. The molecule has 0 unspecified atom stereocenters. The lowest BCUT2D eigenvalue weighted by molar-refractivity contribution is 0.0692. The molecule has 0 radical (unpaired) electrons. The van der Waals surface area contributed by atoms with Gasteiger partial charge in [-0.3, -0.25) is 0 Å². The second-order valence-electron chi connectivity index (χ2n) is 4.48. The summed E-state index contributed by atoms with van der Waals surface area (Å²) in [6.45, 7) is 0. The molecule has 0 aliphatic carbocycles. The van der Waals surface area contributed by atoms with Crippen LogP contribution < -0.4 is 5.73 Å². The van der Waals surface area contributed by atoms with E-state index in [2.05, 4.69) is 4.98 Å². The van der Waals surface area contributed by atoms with Gasteiger partial charge in [0.25, 0.3) is 0 Å². The number of aromatic nitrogens is 1. The highest BCUT2D eigenvalue weighted by molar-refractivity contribution is 7.19. The lowest BCUT2D eigenvalue weighted by atomic mass is 10.0. The van der Waals surface area contributed by atoms with Crippen molar-refractivity contribution in [3.63, 3.8) is 0 Å². The van der Waals surface area contributed by atoms with Crippen LogP contribution in [0.5, 0.6) is 0 Å². The molecule has 4 nitrogen and oxygen atoms in total. The van der Waals surface area contributed by atoms with Gasteiger partial charge in [0.1, 0.15) is 0 Å². The third-order valence-corrected chi connectivity index (χ3v) is 4.03. The summed E-state index contributed by atoms with van der Waals surface area (Å²) in [7, 11) is 0. The van der Waals surface area contributed by atoms with Crippen LogP contribution in [0.3, 0.4) is 0 Å². The number of rotatable bonds is 3. The molecule has 0 saturated heterocycles. The first-order chi connectivity index (χ1) is 10.1. The summed E-state index contributed by atoms with van der Waals surface area (Å²) in [5.74, 6) is -1.06. The first-order valence-electron chi connectivity index (χ1n) is 6.30. The average molecular weight is 296 g/mol. The topological polar surface area (TPSA) is 76.2 Å². The van der Waals surface area contributed by atoms with E-state index in [9.17, 15) is 4.79 Å². The van der Waals surface area contributed by atoms with Gasteiger partial charge in [0.05, 0.1) is 4.88 Å². The molecule has 0 aliphatic heterocycles. The maximum Gasteiger partial charge on any atom is 0.356 e. The van der Waals surface area contributed by atoms with Gasteiger partial charge in [0.2, 0.25) is 0 Å². The molecular weight excluding hydrogens is 284 g/mol. The highest BCUT2D eigenvalue weighted by atomic mass is 32.1. The van der Waals surface area contributed by atoms with E-state index in [-0.39, 0.29) is 10.8 Å². The van der Waals surface area contributed by atoms with Crippen LogP contribution in [0, 0.1) is 0 Å². The summed E-state index contributed by atoms with van der Waals surface area (Å²) >= 11 is 1.18. The molecule has 3 N–H and O–H groups in total. The fraction of sp³-hybridized carbons (Fsp3) is 0. The lowest BCUT2D eigenvalue weighted by Crippen LogP contribution is -1.99. The van der Waals surface area contributed by atoms with Crippen molar-refractivity contribution in [3.05, 3.63) is 60.3 Å². The Bertz CT molecular complexity index is 780. The molecule has 3 aromatic rings. The minimum atomic E-state index is -1.06. The zero-order chi connectivity index (χ0) is 14.8. The zero-order valence-electron chi connectivity index (χ0n) is 11.0. The van der Waals surface area contributed by atoms with Gasteiger partial charge < -0.3 is 10.8 Å². The lowest BCUT2D eigenvalue weighted by Gasteiger charge is -2.03. The normalized spacial score (nSPS) is 10.5. The third kappa shape index (κ3) is 2.64. The van der Waals surface area contributed by atoms with Crippen molar-refractivity contribution in [1.29, 1.82) is 0 Å². The highest BCUT2D eigenvalue weighted by Gasteiger charge is 2.17. The number of benzene rings is 2. The number of nitrogens with zero attached hydrogens (tertiary/aromatic N) is 1. The highest BCUT2D eigenvalue weighted by Crippen LogP contribution is 2.33. The molecule has 21 heavy (non-hydrogen) atoms. The Hall–Kier alpha value is -2.66. The Balaban J connectivity index is 2.00. The van der Waals surface area contributed by atoms with Crippen molar-refractivity contribution in [2.24, 2.45) is 0 Å². The van der Waals surface area contributed by atoms with Crippen LogP contribution in [-0.2, 0) is 0 Å². The standard InChI is InChI=1S/C16H12N2O2S/c17-16-18-13(15(19)20)14(21-16)12-8-6-11(7-9-12)10-4-2-1-3-5-10/h1-9H,(H2,17,18)(H,19,20). The van der Waals surface area contributed by atoms with Crippen LogP contribution >= 0.6 is 11.3 Å². The molecule has 0 aliphatic rings. The fourth-order valence-corrected chi connectivity index (χ4v) is 2.95. The number of carbonyl (C=O) groups is 1. The first-order valence-corrected chi connectivity index (χ1v) is 7.12. The molecule has 1 heterocycles. The first kappa shape index (κ1) is 13.3. The molecule has 0 spiro atoms. The van der Waals surface area contributed by atoms with Gasteiger partial charge in [0, 0.05) is 0 Å². The van der Waals surface area contributed by atoms with Crippen molar-refractivity contribution < 1.29 is 9.90 Å². The van der Waals surface area contributed by atoms with Crippen molar-refractivity contribution >= 4 is 22.4 Å². The van der Waals surface area contributed by atoms with Crippen LogP contribution in [0.4, 0.5) is 5.13 Å². The van der Waals surface area contributed by atoms with Crippen molar-refractivity contribution in [3.8, 4) is 21.6 Å². The Labute approximate surface area is 125 Å². The third-order valence-electron chi connectivity index (χ3n) is 3.10. The summed E-state index contributed by atoms with van der Waals surface area (Å²) < 4.78 is 0. The predicted octanol–water partition coefficient (Wildman–Crippen LogP) is 3.76. The number of nitrogen functional groups attached to an aromatic ring is 1. The number of carboxylic acids is 1. The Kier molecular flexibility index (Phi) is 3.41. The van der Waals surface area contributed by atoms with E-state index in [0.29, 0.717) is 4.88 Å². The number of hydrogen-bond acceptors (Lipinski definition) is 4. The molecule has 1 aromatic heterocycles. The van der Waals surface area contributed by atoms with Crippen LogP contribution in [-0.4, -0.2) is 16.1 Å². The molecule has 0 saturated carbocycles. The monoisotopic (exact) mass is 296 g/mol. The smallest absolute Gasteiger partial charge is 0.356 e. The zero-order valence-corrected chi connectivity index (χ0v) is 11.8. The van der Waals surface area contributed by atoms with Gasteiger partial charge in [-0.1, -0.05) is 65.9 Å². The van der Waals surface area contributed by atoms with Gasteiger partial charge >= 0.3 is 5.97 Å². The number of aromatic carboxylic acids is 1. The van der Waals surface area contributed by atoms with Crippen molar-refractivity contribution in [1.82, 2.24) is 4.98 Å². The summed E-state index contributed by atoms with van der Waals surface area (Å²) in [6.07, 6.45) is 0. The maximum absolute atomic E-state index is 11.2. The Morgan fingerprint density at radius 3 is 2.14 bits per heavy atom. The quantitative estimate of drug-likeness (QED) is 0.771. The Morgan fingerprint density at radius 2 is 1.52 bits per heavy atom. The molecule has 3 rings (SSSR count). The number of anilines is 1. The van der Waals surface area contributed by atoms with Gasteiger partial charge in [-0.25, -0.2) is 9.78 Å². The minimum absolute atomic E-state index is 0.00459. The van der Waals surface area contributed by atoms with Crippen LogP contribution in [0.1, 0.15) is 10.5 Å². The van der Waals surface area contributed by atoms with E-state index in [1.807, 2.05) is 54.6 Å². The molecular formula is C16H12N2O2S. The number of thiazole rings is 1. The number of carboxylic acid groups (broad SMARTS) is 1. The van der Waals surface area contributed by atoms with Crippen molar-refractivity contribution in [2.75, 3.05) is 5.73 Å². The molecule has 0 fully saturated rings. The Morgan fingerprint density at radius 1 is 0.952 bits per heavy atom. The van der Waals surface area contributed by atoms with E-state index < -0.39 is 5.97 Å². The van der Waals surface area contributed by atoms with Crippen LogP contribution in [0.15, 0.2) is 54.6 Å². The SMILES string of the molecule is Nc1nc(C(=O)O)c(-c2ccc(-c3ccccc3)cc2)s1. The summed E-state index contributed by atoms with van der Waals surface area (Å²) in [5.41, 5.74) is 8.63. The van der Waals surface area contributed by atoms with Crippen molar-refractivity contribution in [2.45, 2.75) is 0 Å². The molecule has 104 valence electrons. The maximum atomic E-state index is 11.2. The largest absolute Gasteiger partial charge is 0.476 e. The van der Waals surface area contributed by atoms with E-state index in [0.717, 1.165) is 16.7 Å². The second-order valence-corrected chi connectivity index (χ2v) is 5.51. The molecule has 5 heteroatoms. The number of nitrogens with two attached hydrogens (primary N) is 1. The molecule has 0 bridgehead atoms. The van der Waals surface area contributed by atoms with Gasteiger partial charge in [-0.05, 0) is 16.7 Å². The molecule has 0 amide bonds. The predicted molar refractivity (Wildman–Crippen MR) is 84.4 cm³/mol. The van der Waals surface area contributed by atoms with Gasteiger partial charge in [-0.15, -0.1) is 0 Å². The van der Waals surface area contributed by atoms with Gasteiger partial charge in [0.15, 0.2) is 10.8 Å². The van der Waals surface area contributed by atoms with E-state index in [4.69, 9.17) is 10.8 Å². The average Bonchev–Trinajstić information content (AvgIpc) is 2.91. The summed E-state index contributed by atoms with van der Waals surface area (Å²) in [6, 6.07) is 17.7. The minimum Gasteiger partial charge on any atom is -0.476 e.